The molecule has 0 bridgehead atoms. The van der Waals surface area contributed by atoms with Crippen LogP contribution in [0.4, 0.5) is 23.1 Å². The summed E-state index contributed by atoms with van der Waals surface area (Å²) in [7, 11) is 0. The van der Waals surface area contributed by atoms with E-state index in [0.717, 1.165) is 43.6 Å². The van der Waals surface area contributed by atoms with Crippen molar-refractivity contribution in [3.8, 4) is 0 Å². The molecule has 4 rings (SSSR count). The van der Waals surface area contributed by atoms with Crippen LogP contribution >= 0.6 is 0 Å². The minimum atomic E-state index is 0.529. The highest BCUT2D eigenvalue weighted by molar-refractivity contribution is 5.75. The van der Waals surface area contributed by atoms with Gasteiger partial charge in [-0.25, -0.2) is 15.0 Å². The number of pyridine rings is 1. The Morgan fingerprint density at radius 1 is 1.00 bits per heavy atom. The first-order valence-electron chi connectivity index (χ1n) is 8.59. The Balaban J connectivity index is 1.42. The Bertz CT molecular complexity index is 830. The molecule has 1 aliphatic rings. The summed E-state index contributed by atoms with van der Waals surface area (Å²) in [6, 6.07) is 9.73. The average Bonchev–Trinajstić information content (AvgIpc) is 3.22. The van der Waals surface area contributed by atoms with Crippen LogP contribution in [0.2, 0.25) is 0 Å². The van der Waals surface area contributed by atoms with Gasteiger partial charge in [-0.1, -0.05) is 6.07 Å². The van der Waals surface area contributed by atoms with Crippen LogP contribution in [0.5, 0.6) is 0 Å². The lowest BCUT2D eigenvalue weighted by Gasteiger charge is -2.36. The number of nitrogens with two attached hydrogens (primary N) is 1. The van der Waals surface area contributed by atoms with Crippen LogP contribution in [0.15, 0.2) is 53.5 Å². The first-order chi connectivity index (χ1) is 12.8. The van der Waals surface area contributed by atoms with Crippen molar-refractivity contribution in [3.63, 3.8) is 0 Å². The second-order valence-corrected chi connectivity index (χ2v) is 6.05. The van der Waals surface area contributed by atoms with Gasteiger partial charge in [-0.15, -0.1) is 0 Å². The van der Waals surface area contributed by atoms with Gasteiger partial charge in [-0.2, -0.15) is 0 Å². The molecule has 0 radical (unpaired) electrons. The van der Waals surface area contributed by atoms with Crippen LogP contribution in [0.1, 0.15) is 5.76 Å². The fourth-order valence-electron chi connectivity index (χ4n) is 3.05. The Hall–Kier alpha value is -3.29. The zero-order valence-electron chi connectivity index (χ0n) is 14.4. The van der Waals surface area contributed by atoms with E-state index < -0.39 is 0 Å². The van der Waals surface area contributed by atoms with Gasteiger partial charge >= 0.3 is 0 Å². The summed E-state index contributed by atoms with van der Waals surface area (Å²) in [6.45, 7) is 3.93. The van der Waals surface area contributed by atoms with Gasteiger partial charge in [0.25, 0.3) is 0 Å². The summed E-state index contributed by atoms with van der Waals surface area (Å²) in [5.41, 5.74) is 6.87. The van der Waals surface area contributed by atoms with Crippen LogP contribution in [0.3, 0.4) is 0 Å². The third kappa shape index (κ3) is 3.39. The SMILES string of the molecule is Nc1c(NCc2ccco2)ncnc1N1CCN(c2ccccn2)CC1. The molecule has 26 heavy (non-hydrogen) atoms. The number of aromatic nitrogens is 3. The van der Waals surface area contributed by atoms with Crippen LogP contribution < -0.4 is 20.9 Å². The molecule has 3 aromatic heterocycles. The molecule has 0 unspecified atom stereocenters. The maximum Gasteiger partial charge on any atom is 0.157 e. The van der Waals surface area contributed by atoms with Gasteiger partial charge < -0.3 is 25.3 Å². The van der Waals surface area contributed by atoms with Crippen molar-refractivity contribution in [2.45, 2.75) is 6.54 Å². The molecule has 0 atom stereocenters. The van der Waals surface area contributed by atoms with Gasteiger partial charge in [0.15, 0.2) is 11.6 Å². The zero-order valence-corrected chi connectivity index (χ0v) is 14.4. The summed E-state index contributed by atoms with van der Waals surface area (Å²) in [5, 5.41) is 3.21. The highest BCUT2D eigenvalue weighted by Crippen LogP contribution is 2.27. The Labute approximate surface area is 151 Å². The lowest BCUT2D eigenvalue weighted by molar-refractivity contribution is 0.518. The van der Waals surface area contributed by atoms with Crippen molar-refractivity contribution in [3.05, 3.63) is 54.9 Å². The van der Waals surface area contributed by atoms with Crippen molar-refractivity contribution in [1.82, 2.24) is 15.0 Å². The molecule has 8 nitrogen and oxygen atoms in total. The number of hydrogen-bond donors (Lipinski definition) is 2. The number of piperazine rings is 1. The van der Waals surface area contributed by atoms with Gasteiger partial charge in [0.1, 0.15) is 23.6 Å². The summed E-state index contributed by atoms with van der Waals surface area (Å²) >= 11 is 0. The monoisotopic (exact) mass is 351 g/mol. The Morgan fingerprint density at radius 3 is 2.58 bits per heavy atom. The molecule has 0 spiro atoms. The number of anilines is 4. The molecule has 1 aliphatic heterocycles. The molecule has 1 fully saturated rings. The minimum Gasteiger partial charge on any atom is -0.467 e. The number of rotatable bonds is 5. The number of hydrogen-bond acceptors (Lipinski definition) is 8. The van der Waals surface area contributed by atoms with Gasteiger partial charge in [0.2, 0.25) is 0 Å². The molecule has 1 saturated heterocycles. The molecule has 134 valence electrons. The predicted molar refractivity (Wildman–Crippen MR) is 101 cm³/mol. The second kappa shape index (κ2) is 7.30. The smallest absolute Gasteiger partial charge is 0.157 e. The van der Waals surface area contributed by atoms with Crippen molar-refractivity contribution < 1.29 is 4.42 Å². The molecule has 4 heterocycles. The molecule has 0 aromatic carbocycles. The molecule has 3 aromatic rings. The number of furan rings is 1. The standard InChI is InChI=1S/C18H21N7O/c19-16-17(21-12-14-4-3-11-26-14)22-13-23-18(16)25-9-7-24(8-10-25)15-5-1-2-6-20-15/h1-6,11,13H,7-10,12,19H2,(H,21,22,23). The molecular weight excluding hydrogens is 330 g/mol. The van der Waals surface area contributed by atoms with E-state index in [4.69, 9.17) is 10.2 Å². The first kappa shape index (κ1) is 16.2. The third-order valence-corrected chi connectivity index (χ3v) is 4.43. The van der Waals surface area contributed by atoms with E-state index >= 15 is 0 Å². The van der Waals surface area contributed by atoms with Crippen molar-refractivity contribution >= 4 is 23.1 Å². The van der Waals surface area contributed by atoms with Crippen LogP contribution in [-0.2, 0) is 6.54 Å². The van der Waals surface area contributed by atoms with Crippen molar-refractivity contribution in [2.24, 2.45) is 0 Å². The Kier molecular flexibility index (Phi) is 4.55. The number of nitrogens with one attached hydrogen (secondary N) is 1. The fourth-order valence-corrected chi connectivity index (χ4v) is 3.05. The highest BCUT2D eigenvalue weighted by atomic mass is 16.3. The summed E-state index contributed by atoms with van der Waals surface area (Å²) in [6.07, 6.45) is 5.01. The summed E-state index contributed by atoms with van der Waals surface area (Å²) in [4.78, 5) is 17.5. The van der Waals surface area contributed by atoms with E-state index in [-0.39, 0.29) is 0 Å². The minimum absolute atomic E-state index is 0.529. The lowest BCUT2D eigenvalue weighted by Crippen LogP contribution is -2.47. The quantitative estimate of drug-likeness (QED) is 0.720. The topological polar surface area (TPSA) is 96.3 Å². The van der Waals surface area contributed by atoms with Gasteiger partial charge in [-0.3, -0.25) is 0 Å². The predicted octanol–water partition coefficient (Wildman–Crippen LogP) is 1.99. The number of nitrogens with zero attached hydrogens (tertiary/aromatic N) is 5. The van der Waals surface area contributed by atoms with E-state index in [1.807, 2.05) is 36.5 Å². The maximum atomic E-state index is 6.31. The largest absolute Gasteiger partial charge is 0.467 e. The third-order valence-electron chi connectivity index (χ3n) is 4.43. The van der Waals surface area contributed by atoms with E-state index in [1.54, 1.807) is 12.6 Å². The molecule has 0 saturated carbocycles. The van der Waals surface area contributed by atoms with E-state index in [1.165, 1.54) is 0 Å². The molecular formula is C18H21N7O. The van der Waals surface area contributed by atoms with Crippen molar-refractivity contribution in [1.29, 1.82) is 0 Å². The average molecular weight is 351 g/mol. The van der Waals surface area contributed by atoms with Gasteiger partial charge in [0.05, 0.1) is 12.8 Å². The van der Waals surface area contributed by atoms with Gasteiger partial charge in [0, 0.05) is 32.4 Å². The molecule has 8 heteroatoms. The molecule has 3 N–H and O–H groups in total. The lowest BCUT2D eigenvalue weighted by atomic mass is 10.3. The first-order valence-corrected chi connectivity index (χ1v) is 8.59. The van der Waals surface area contributed by atoms with E-state index in [9.17, 15) is 0 Å². The van der Waals surface area contributed by atoms with Crippen LogP contribution in [0.25, 0.3) is 0 Å². The number of nitrogen functional groups attached to an aromatic ring is 1. The Morgan fingerprint density at radius 2 is 1.85 bits per heavy atom. The summed E-state index contributed by atoms with van der Waals surface area (Å²) < 4.78 is 5.33. The molecule has 0 aliphatic carbocycles. The van der Waals surface area contributed by atoms with Crippen LogP contribution in [-0.4, -0.2) is 41.1 Å². The highest BCUT2D eigenvalue weighted by Gasteiger charge is 2.21. The normalized spacial score (nSPS) is 14.5. The molecule has 0 amide bonds. The van der Waals surface area contributed by atoms with Crippen molar-refractivity contribution in [2.75, 3.05) is 47.0 Å². The summed E-state index contributed by atoms with van der Waals surface area (Å²) in [5.74, 6) is 3.22. The maximum absolute atomic E-state index is 6.31. The van der Waals surface area contributed by atoms with Crippen LogP contribution in [0, 0.1) is 0 Å². The van der Waals surface area contributed by atoms with E-state index in [2.05, 4.69) is 30.1 Å². The fraction of sp³-hybridized carbons (Fsp3) is 0.278. The van der Waals surface area contributed by atoms with E-state index in [0.29, 0.717) is 18.1 Å². The zero-order chi connectivity index (χ0) is 17.8. The second-order valence-electron chi connectivity index (χ2n) is 6.05. The van der Waals surface area contributed by atoms with Gasteiger partial charge in [-0.05, 0) is 24.3 Å².